The second-order valence-electron chi connectivity index (χ2n) is 8.29. The van der Waals surface area contributed by atoms with Crippen molar-refractivity contribution in [1.29, 1.82) is 0 Å². The van der Waals surface area contributed by atoms with E-state index in [0.29, 0.717) is 17.7 Å². The molecule has 3 rings (SSSR count). The number of ether oxygens (including phenoxy) is 2. The average molecular weight is 397 g/mol. The number of fused-ring (bicyclic) bond motifs is 1. The van der Waals surface area contributed by atoms with E-state index in [1.807, 2.05) is 6.07 Å². The minimum absolute atomic E-state index is 0.129. The first kappa shape index (κ1) is 20.7. The molecule has 29 heavy (non-hydrogen) atoms. The molecule has 2 aromatic carbocycles. The molecule has 6 heteroatoms. The van der Waals surface area contributed by atoms with E-state index in [4.69, 9.17) is 9.47 Å². The van der Waals surface area contributed by atoms with Crippen LogP contribution in [0.1, 0.15) is 47.8 Å². The van der Waals surface area contributed by atoms with Gasteiger partial charge in [-0.05, 0) is 46.4 Å². The number of hydrogen-bond acceptors (Lipinski definition) is 5. The van der Waals surface area contributed by atoms with E-state index in [-0.39, 0.29) is 23.6 Å². The highest BCUT2D eigenvalue weighted by Crippen LogP contribution is 2.33. The highest BCUT2D eigenvalue weighted by atomic mass is 16.5. The van der Waals surface area contributed by atoms with Gasteiger partial charge >= 0.3 is 5.97 Å². The molecule has 1 N–H and O–H groups in total. The predicted octanol–water partition coefficient (Wildman–Crippen LogP) is 3.44. The molecule has 1 aliphatic rings. The lowest BCUT2D eigenvalue weighted by Crippen LogP contribution is -2.49. The van der Waals surface area contributed by atoms with Crippen LogP contribution < -0.4 is 4.74 Å². The molecule has 0 bridgehead atoms. The third-order valence-corrected chi connectivity index (χ3v) is 5.31. The number of carbonyl (C=O) groups excluding carboxylic acids is 2. The molecule has 0 radical (unpaired) electrons. The number of hydrogen-bond donors (Lipinski definition) is 1. The fraction of sp³-hybridized carbons (Fsp3) is 0.391. The average Bonchev–Trinajstić information content (AvgIpc) is 2.70. The van der Waals surface area contributed by atoms with Crippen LogP contribution in [-0.2, 0) is 27.9 Å². The molecule has 1 heterocycles. The quantitative estimate of drug-likeness (QED) is 0.803. The number of amides is 1. The normalized spacial score (nSPS) is 16.2. The summed E-state index contributed by atoms with van der Waals surface area (Å²) >= 11 is 0. The Morgan fingerprint density at radius 2 is 1.79 bits per heavy atom. The molecule has 2 aromatic rings. The number of methoxy groups -OCH3 is 2. The zero-order valence-electron chi connectivity index (χ0n) is 17.5. The second-order valence-corrected chi connectivity index (χ2v) is 8.29. The Morgan fingerprint density at radius 1 is 1.07 bits per heavy atom. The minimum Gasteiger partial charge on any atom is -0.508 e. The Labute approximate surface area is 171 Å². The maximum Gasteiger partial charge on any atom is 0.328 e. The molecule has 154 valence electrons. The summed E-state index contributed by atoms with van der Waals surface area (Å²) in [6, 6.07) is 9.64. The number of aromatic hydroxyl groups is 1. The van der Waals surface area contributed by atoms with Crippen molar-refractivity contribution < 1.29 is 24.2 Å². The van der Waals surface area contributed by atoms with Crippen molar-refractivity contribution in [1.82, 2.24) is 4.90 Å². The lowest BCUT2D eigenvalue weighted by atomic mass is 9.85. The van der Waals surface area contributed by atoms with E-state index in [2.05, 4.69) is 20.8 Å². The largest absolute Gasteiger partial charge is 0.508 e. The van der Waals surface area contributed by atoms with Gasteiger partial charge in [0, 0.05) is 18.5 Å². The van der Waals surface area contributed by atoms with Crippen molar-refractivity contribution in [2.45, 2.75) is 45.2 Å². The molecule has 1 atom stereocenters. The fourth-order valence-corrected chi connectivity index (χ4v) is 3.74. The van der Waals surface area contributed by atoms with Crippen LogP contribution >= 0.6 is 0 Å². The van der Waals surface area contributed by atoms with Gasteiger partial charge < -0.3 is 19.5 Å². The summed E-state index contributed by atoms with van der Waals surface area (Å²) in [5.74, 6) is 0.0143. The molecule has 1 amide bonds. The van der Waals surface area contributed by atoms with E-state index in [0.717, 1.165) is 16.7 Å². The molecular weight excluding hydrogens is 370 g/mol. The monoisotopic (exact) mass is 397 g/mol. The SMILES string of the molecule is COC(=O)C1Cc2ccc(O)cc2CN1C(=O)c1ccc(C(C)(C)C)c(OC)c1. The number of phenolic OH excluding ortho intramolecular Hbond substituents is 1. The van der Waals surface area contributed by atoms with Gasteiger partial charge in [0.2, 0.25) is 0 Å². The van der Waals surface area contributed by atoms with Crippen molar-refractivity contribution in [2.24, 2.45) is 0 Å². The Balaban J connectivity index is 2.00. The Hall–Kier alpha value is -3.02. The summed E-state index contributed by atoms with van der Waals surface area (Å²) in [6.07, 6.45) is 0.339. The first-order valence-corrected chi connectivity index (χ1v) is 9.53. The maximum atomic E-state index is 13.4. The van der Waals surface area contributed by atoms with Crippen LogP contribution in [0.3, 0.4) is 0 Å². The molecule has 6 nitrogen and oxygen atoms in total. The molecule has 0 saturated carbocycles. The zero-order valence-corrected chi connectivity index (χ0v) is 17.5. The van der Waals surface area contributed by atoms with Gasteiger partial charge in [0.25, 0.3) is 5.91 Å². The standard InChI is InChI=1S/C23H27NO5/c1-23(2,3)18-9-7-15(12-20(18)28-4)21(26)24-13-16-10-17(25)8-6-14(16)11-19(24)22(27)29-5/h6-10,12,19,25H,11,13H2,1-5H3. The van der Waals surface area contributed by atoms with Gasteiger partial charge in [-0.15, -0.1) is 0 Å². The minimum atomic E-state index is -0.724. The number of carbonyl (C=O) groups is 2. The summed E-state index contributed by atoms with van der Waals surface area (Å²) < 4.78 is 10.5. The van der Waals surface area contributed by atoms with Crippen LogP contribution in [0.5, 0.6) is 11.5 Å². The van der Waals surface area contributed by atoms with E-state index >= 15 is 0 Å². The van der Waals surface area contributed by atoms with Crippen molar-refractivity contribution >= 4 is 11.9 Å². The van der Waals surface area contributed by atoms with Gasteiger partial charge in [0.05, 0.1) is 14.2 Å². The first-order chi connectivity index (χ1) is 13.7. The number of esters is 1. The van der Waals surface area contributed by atoms with E-state index in [9.17, 15) is 14.7 Å². The highest BCUT2D eigenvalue weighted by molar-refractivity contribution is 5.97. The molecule has 0 aromatic heterocycles. The Bertz CT molecular complexity index is 945. The molecule has 0 aliphatic carbocycles. The van der Waals surface area contributed by atoms with Crippen LogP contribution in [0.4, 0.5) is 0 Å². The first-order valence-electron chi connectivity index (χ1n) is 9.53. The Morgan fingerprint density at radius 3 is 2.41 bits per heavy atom. The summed E-state index contributed by atoms with van der Waals surface area (Å²) in [7, 11) is 2.90. The van der Waals surface area contributed by atoms with Crippen LogP contribution in [0, 0.1) is 0 Å². The van der Waals surface area contributed by atoms with E-state index < -0.39 is 12.0 Å². The third kappa shape index (κ3) is 4.06. The number of nitrogens with zero attached hydrogens (tertiary/aromatic N) is 1. The van der Waals surface area contributed by atoms with Crippen LogP contribution in [0.25, 0.3) is 0 Å². The van der Waals surface area contributed by atoms with E-state index in [1.165, 1.54) is 12.0 Å². The van der Waals surface area contributed by atoms with Gasteiger partial charge in [0.1, 0.15) is 17.5 Å². The van der Waals surface area contributed by atoms with Crippen LogP contribution in [-0.4, -0.2) is 42.1 Å². The van der Waals surface area contributed by atoms with E-state index in [1.54, 1.807) is 37.4 Å². The van der Waals surface area contributed by atoms with Crippen molar-refractivity contribution in [3.05, 3.63) is 58.7 Å². The molecular formula is C23H27NO5. The maximum absolute atomic E-state index is 13.4. The van der Waals surface area contributed by atoms with Gasteiger partial charge in [0.15, 0.2) is 0 Å². The summed E-state index contributed by atoms with van der Waals surface area (Å²) in [6.45, 7) is 6.45. The zero-order chi connectivity index (χ0) is 21.3. The summed E-state index contributed by atoms with van der Waals surface area (Å²) in [5.41, 5.74) is 3.03. The molecule has 1 aliphatic heterocycles. The lowest BCUT2D eigenvalue weighted by molar-refractivity contribution is -0.146. The van der Waals surface area contributed by atoms with Crippen molar-refractivity contribution in [2.75, 3.05) is 14.2 Å². The smallest absolute Gasteiger partial charge is 0.328 e. The number of benzene rings is 2. The van der Waals surface area contributed by atoms with Crippen molar-refractivity contribution in [3.63, 3.8) is 0 Å². The van der Waals surface area contributed by atoms with Gasteiger partial charge in [-0.2, -0.15) is 0 Å². The molecule has 0 spiro atoms. The number of rotatable bonds is 3. The second kappa shape index (κ2) is 7.78. The topological polar surface area (TPSA) is 76.1 Å². The fourth-order valence-electron chi connectivity index (χ4n) is 3.74. The van der Waals surface area contributed by atoms with Gasteiger partial charge in [-0.1, -0.05) is 32.9 Å². The summed E-state index contributed by atoms with van der Waals surface area (Å²) in [5, 5.41) is 9.81. The predicted molar refractivity (Wildman–Crippen MR) is 109 cm³/mol. The third-order valence-electron chi connectivity index (χ3n) is 5.31. The molecule has 0 saturated heterocycles. The van der Waals surface area contributed by atoms with Crippen LogP contribution in [0.2, 0.25) is 0 Å². The van der Waals surface area contributed by atoms with Gasteiger partial charge in [-0.25, -0.2) is 4.79 Å². The Kier molecular flexibility index (Phi) is 5.55. The summed E-state index contributed by atoms with van der Waals surface area (Å²) in [4.78, 5) is 27.3. The lowest BCUT2D eigenvalue weighted by Gasteiger charge is -2.35. The number of phenols is 1. The highest BCUT2D eigenvalue weighted by Gasteiger charge is 2.36. The van der Waals surface area contributed by atoms with Crippen molar-refractivity contribution in [3.8, 4) is 11.5 Å². The molecule has 0 fully saturated rings. The molecule has 1 unspecified atom stereocenters. The van der Waals surface area contributed by atoms with Gasteiger partial charge in [-0.3, -0.25) is 4.79 Å². The van der Waals surface area contributed by atoms with Crippen LogP contribution in [0.15, 0.2) is 36.4 Å².